The van der Waals surface area contributed by atoms with Crippen LogP contribution in [0.15, 0.2) is 0 Å². The molecule has 1 aromatic rings. The van der Waals surface area contributed by atoms with E-state index < -0.39 is 5.97 Å². The minimum absolute atomic E-state index is 0.0979. The van der Waals surface area contributed by atoms with Gasteiger partial charge in [-0.25, -0.2) is 4.98 Å². The van der Waals surface area contributed by atoms with Gasteiger partial charge in [0.1, 0.15) is 12.4 Å². The number of carbonyl (C=O) groups is 1. The highest BCUT2D eigenvalue weighted by atomic mass is 32.1. The number of aliphatic carboxylic acids is 1. The van der Waals surface area contributed by atoms with Gasteiger partial charge in [0.25, 0.3) is 0 Å². The zero-order valence-electron chi connectivity index (χ0n) is 6.86. The van der Waals surface area contributed by atoms with Crippen molar-refractivity contribution in [1.82, 2.24) is 9.36 Å². The zero-order valence-corrected chi connectivity index (χ0v) is 7.67. The number of nitrogens with one attached hydrogen (secondary N) is 1. The van der Waals surface area contributed by atoms with Crippen molar-refractivity contribution in [3.05, 3.63) is 5.82 Å². The van der Waals surface area contributed by atoms with E-state index in [4.69, 9.17) is 5.11 Å². The summed E-state index contributed by atoms with van der Waals surface area (Å²) in [7, 11) is 0. The predicted octanol–water partition coefficient (Wildman–Crippen LogP) is 0.912. The van der Waals surface area contributed by atoms with E-state index in [2.05, 4.69) is 14.7 Å². The first kappa shape index (κ1) is 8.43. The number of hydrogen-bond donors (Lipinski definition) is 2. The van der Waals surface area contributed by atoms with Crippen molar-refractivity contribution in [3.63, 3.8) is 0 Å². The smallest absolute Gasteiger partial charge is 0.322 e. The minimum atomic E-state index is -0.886. The Bertz CT molecular complexity index is 321. The maximum absolute atomic E-state index is 10.2. The number of anilines is 1. The lowest BCUT2D eigenvalue weighted by Gasteiger charge is -1.94. The van der Waals surface area contributed by atoms with E-state index >= 15 is 0 Å². The fourth-order valence-electron chi connectivity index (χ4n) is 0.965. The summed E-state index contributed by atoms with van der Waals surface area (Å²) in [4.78, 5) is 14.4. The van der Waals surface area contributed by atoms with Crippen molar-refractivity contribution in [3.8, 4) is 0 Å². The molecule has 6 heteroatoms. The molecule has 0 aliphatic heterocycles. The Morgan fingerprint density at radius 2 is 2.46 bits per heavy atom. The molecule has 1 aromatic heterocycles. The van der Waals surface area contributed by atoms with Gasteiger partial charge in [0.2, 0.25) is 5.13 Å². The lowest BCUT2D eigenvalue weighted by atomic mass is 10.4. The highest BCUT2D eigenvalue weighted by Gasteiger charge is 2.27. The van der Waals surface area contributed by atoms with Crippen LogP contribution in [-0.2, 0) is 4.79 Å². The van der Waals surface area contributed by atoms with Gasteiger partial charge in [-0.05, 0) is 12.8 Å². The average molecular weight is 199 g/mol. The molecule has 2 N–H and O–H groups in total. The van der Waals surface area contributed by atoms with Gasteiger partial charge in [0.15, 0.2) is 0 Å². The van der Waals surface area contributed by atoms with Gasteiger partial charge < -0.3 is 10.4 Å². The highest BCUT2D eigenvalue weighted by Crippen LogP contribution is 2.39. The number of carboxylic acid groups (broad SMARTS) is 1. The molecule has 1 heterocycles. The molecule has 1 fully saturated rings. The van der Waals surface area contributed by atoms with E-state index in [1.807, 2.05) is 0 Å². The summed E-state index contributed by atoms with van der Waals surface area (Å²) in [6, 6.07) is 0. The minimum Gasteiger partial charge on any atom is -0.480 e. The molecule has 13 heavy (non-hydrogen) atoms. The standard InChI is InChI=1S/C7H9N3O2S/c11-5(12)3-8-7-9-6(10-13-7)4-1-2-4/h4H,1-3H2,(H,11,12)(H,8,9,10). The summed E-state index contributed by atoms with van der Waals surface area (Å²) in [6.45, 7) is -0.0979. The zero-order chi connectivity index (χ0) is 9.26. The van der Waals surface area contributed by atoms with E-state index in [9.17, 15) is 4.79 Å². The molecule has 0 unspecified atom stereocenters. The summed E-state index contributed by atoms with van der Waals surface area (Å²) in [5.41, 5.74) is 0. The van der Waals surface area contributed by atoms with Crippen LogP contribution in [0.1, 0.15) is 24.6 Å². The van der Waals surface area contributed by atoms with Crippen molar-refractivity contribution in [1.29, 1.82) is 0 Å². The quantitative estimate of drug-likeness (QED) is 0.754. The van der Waals surface area contributed by atoms with Gasteiger partial charge in [-0.3, -0.25) is 4.79 Å². The van der Waals surface area contributed by atoms with E-state index in [0.29, 0.717) is 11.0 Å². The average Bonchev–Trinajstić information content (AvgIpc) is 2.83. The Kier molecular flexibility index (Phi) is 2.13. The summed E-state index contributed by atoms with van der Waals surface area (Å²) >= 11 is 1.22. The molecular weight excluding hydrogens is 190 g/mol. The number of aromatic nitrogens is 2. The third-order valence-corrected chi connectivity index (χ3v) is 2.46. The molecule has 0 saturated heterocycles. The molecule has 1 aliphatic rings. The lowest BCUT2D eigenvalue weighted by molar-refractivity contribution is -0.134. The summed E-state index contributed by atoms with van der Waals surface area (Å²) in [5, 5.41) is 11.7. The number of hydrogen-bond acceptors (Lipinski definition) is 5. The van der Waals surface area contributed by atoms with Crippen LogP contribution in [0.2, 0.25) is 0 Å². The van der Waals surface area contributed by atoms with Crippen LogP contribution < -0.4 is 5.32 Å². The molecule has 70 valence electrons. The molecule has 2 rings (SSSR count). The molecule has 0 bridgehead atoms. The molecule has 0 amide bonds. The first-order chi connectivity index (χ1) is 6.25. The van der Waals surface area contributed by atoms with Crippen LogP contribution in [0.3, 0.4) is 0 Å². The summed E-state index contributed by atoms with van der Waals surface area (Å²) < 4.78 is 4.13. The Hall–Kier alpha value is -1.17. The SMILES string of the molecule is O=C(O)CNc1nc(C2CC2)ns1. The topological polar surface area (TPSA) is 75.1 Å². The second-order valence-corrected chi connectivity index (χ2v) is 3.73. The predicted molar refractivity (Wildman–Crippen MR) is 48.0 cm³/mol. The third kappa shape index (κ3) is 2.15. The summed E-state index contributed by atoms with van der Waals surface area (Å²) in [6.07, 6.45) is 2.32. The Morgan fingerprint density at radius 1 is 1.69 bits per heavy atom. The van der Waals surface area contributed by atoms with Crippen molar-refractivity contribution in [2.45, 2.75) is 18.8 Å². The fraction of sp³-hybridized carbons (Fsp3) is 0.571. The monoisotopic (exact) mass is 199 g/mol. The molecule has 0 aromatic carbocycles. The summed E-state index contributed by atoms with van der Waals surface area (Å²) in [5.74, 6) is 0.498. The van der Waals surface area contributed by atoms with Crippen LogP contribution in [-0.4, -0.2) is 27.0 Å². The second kappa shape index (κ2) is 3.29. The number of rotatable bonds is 4. The Morgan fingerprint density at radius 3 is 3.08 bits per heavy atom. The molecule has 0 atom stereocenters. The molecule has 1 aliphatic carbocycles. The van der Waals surface area contributed by atoms with Crippen LogP contribution in [0, 0.1) is 0 Å². The van der Waals surface area contributed by atoms with E-state index in [1.54, 1.807) is 0 Å². The molecule has 1 saturated carbocycles. The van der Waals surface area contributed by atoms with E-state index in [-0.39, 0.29) is 6.54 Å². The van der Waals surface area contributed by atoms with E-state index in [1.165, 1.54) is 11.5 Å². The maximum atomic E-state index is 10.2. The van der Waals surface area contributed by atoms with Crippen LogP contribution in [0.5, 0.6) is 0 Å². The van der Waals surface area contributed by atoms with Crippen molar-refractivity contribution < 1.29 is 9.90 Å². The first-order valence-electron chi connectivity index (χ1n) is 4.05. The normalized spacial score (nSPS) is 15.7. The molecule has 5 nitrogen and oxygen atoms in total. The maximum Gasteiger partial charge on any atom is 0.322 e. The third-order valence-electron chi connectivity index (χ3n) is 1.78. The first-order valence-corrected chi connectivity index (χ1v) is 4.82. The van der Waals surface area contributed by atoms with Crippen molar-refractivity contribution in [2.24, 2.45) is 0 Å². The lowest BCUT2D eigenvalue weighted by Crippen LogP contribution is -2.11. The van der Waals surface area contributed by atoms with Gasteiger partial charge in [-0.2, -0.15) is 4.37 Å². The van der Waals surface area contributed by atoms with Crippen LogP contribution in [0.25, 0.3) is 0 Å². The molecule has 0 radical (unpaired) electrons. The Balaban J connectivity index is 1.92. The highest BCUT2D eigenvalue weighted by molar-refractivity contribution is 7.09. The van der Waals surface area contributed by atoms with Crippen LogP contribution in [0.4, 0.5) is 5.13 Å². The largest absolute Gasteiger partial charge is 0.480 e. The Labute approximate surface area is 79.0 Å². The van der Waals surface area contributed by atoms with Crippen molar-refractivity contribution in [2.75, 3.05) is 11.9 Å². The van der Waals surface area contributed by atoms with Gasteiger partial charge in [-0.1, -0.05) is 0 Å². The molecule has 0 spiro atoms. The van der Waals surface area contributed by atoms with Crippen molar-refractivity contribution >= 4 is 22.6 Å². The van der Waals surface area contributed by atoms with E-state index in [0.717, 1.165) is 18.7 Å². The van der Waals surface area contributed by atoms with Gasteiger partial charge >= 0.3 is 5.97 Å². The van der Waals surface area contributed by atoms with Gasteiger partial charge in [0, 0.05) is 17.5 Å². The second-order valence-electron chi connectivity index (χ2n) is 2.98. The number of nitrogens with zero attached hydrogens (tertiary/aromatic N) is 2. The van der Waals surface area contributed by atoms with Gasteiger partial charge in [0.05, 0.1) is 0 Å². The molecular formula is C7H9N3O2S. The van der Waals surface area contributed by atoms with Gasteiger partial charge in [-0.15, -0.1) is 0 Å². The fourth-order valence-corrected chi connectivity index (χ4v) is 1.61. The van der Waals surface area contributed by atoms with Crippen LogP contribution >= 0.6 is 11.5 Å². The number of carboxylic acids is 1.